The predicted molar refractivity (Wildman–Crippen MR) is 93.8 cm³/mol. The fourth-order valence-electron chi connectivity index (χ4n) is 3.42. The molecular formula is C17H27N5O3. The van der Waals surface area contributed by atoms with E-state index in [0.717, 1.165) is 36.6 Å². The number of β-amino-alcohol motifs (C(OH)–C–C–N with tert-alkyl or cyclic N) is 1. The molecule has 3 rings (SSSR count). The Labute approximate surface area is 148 Å². The number of carbonyl (C=O) groups is 1. The third-order valence-corrected chi connectivity index (χ3v) is 5.30. The number of amides is 1. The van der Waals surface area contributed by atoms with Gasteiger partial charge in [-0.15, -0.1) is 0 Å². The van der Waals surface area contributed by atoms with Crippen molar-refractivity contribution in [3.63, 3.8) is 0 Å². The van der Waals surface area contributed by atoms with Crippen molar-refractivity contribution >= 4 is 11.7 Å². The van der Waals surface area contributed by atoms with E-state index < -0.39 is 5.60 Å². The fourth-order valence-corrected chi connectivity index (χ4v) is 3.42. The van der Waals surface area contributed by atoms with Crippen LogP contribution in [0.5, 0.6) is 0 Å². The Balaban J connectivity index is 1.81. The normalized spacial score (nSPS) is 22.4. The van der Waals surface area contributed by atoms with E-state index in [1.165, 1.54) is 4.90 Å². The first-order chi connectivity index (χ1) is 11.7. The zero-order valence-corrected chi connectivity index (χ0v) is 15.4. The van der Waals surface area contributed by atoms with Gasteiger partial charge in [0.1, 0.15) is 11.4 Å². The molecule has 0 aliphatic carbocycles. The molecule has 2 aliphatic rings. The lowest BCUT2D eigenvalue weighted by Crippen LogP contribution is -2.65. The van der Waals surface area contributed by atoms with E-state index in [1.807, 2.05) is 13.8 Å². The van der Waals surface area contributed by atoms with Crippen LogP contribution in [-0.2, 0) is 0 Å². The maximum absolute atomic E-state index is 12.6. The van der Waals surface area contributed by atoms with Crippen LogP contribution in [0.3, 0.4) is 0 Å². The molecule has 3 heterocycles. The van der Waals surface area contributed by atoms with Crippen molar-refractivity contribution in [2.75, 3.05) is 51.8 Å². The van der Waals surface area contributed by atoms with Gasteiger partial charge in [0.25, 0.3) is 5.91 Å². The Morgan fingerprint density at radius 1 is 1.32 bits per heavy atom. The third kappa shape index (κ3) is 3.33. The maximum atomic E-state index is 12.6. The molecule has 1 aromatic rings. The van der Waals surface area contributed by atoms with Gasteiger partial charge in [0, 0.05) is 30.4 Å². The van der Waals surface area contributed by atoms with Gasteiger partial charge in [-0.05, 0) is 34.4 Å². The van der Waals surface area contributed by atoms with Crippen LogP contribution in [0.15, 0.2) is 0 Å². The summed E-state index contributed by atoms with van der Waals surface area (Å²) in [6.45, 7) is 5.52. The third-order valence-electron chi connectivity index (χ3n) is 5.30. The average Bonchev–Trinajstić information content (AvgIpc) is 3.03. The zero-order valence-electron chi connectivity index (χ0n) is 15.4. The van der Waals surface area contributed by atoms with Gasteiger partial charge in [-0.2, -0.15) is 0 Å². The Morgan fingerprint density at radius 3 is 2.56 bits per heavy atom. The molecule has 138 valence electrons. The molecule has 1 aromatic heterocycles. The number of aromatic nitrogens is 2. The topological polar surface area (TPSA) is 93.0 Å². The maximum Gasteiger partial charge on any atom is 0.291 e. The number of rotatable bonds is 4. The van der Waals surface area contributed by atoms with Crippen molar-refractivity contribution in [1.29, 1.82) is 0 Å². The number of anilines is 1. The molecule has 25 heavy (non-hydrogen) atoms. The van der Waals surface area contributed by atoms with Gasteiger partial charge in [0.15, 0.2) is 0 Å². The molecule has 0 saturated carbocycles. The summed E-state index contributed by atoms with van der Waals surface area (Å²) in [6.07, 6.45) is 1.06. The van der Waals surface area contributed by atoms with Crippen LogP contribution in [0.4, 0.5) is 5.82 Å². The van der Waals surface area contributed by atoms with Crippen LogP contribution < -0.4 is 4.90 Å². The highest BCUT2D eigenvalue weighted by Gasteiger charge is 2.44. The number of carbonyl (C=O) groups excluding carboxylic acids is 1. The molecule has 8 nitrogen and oxygen atoms in total. The zero-order chi connectivity index (χ0) is 18.4. The van der Waals surface area contributed by atoms with Crippen LogP contribution in [0.2, 0.25) is 0 Å². The van der Waals surface area contributed by atoms with Gasteiger partial charge < -0.3 is 24.9 Å². The van der Waals surface area contributed by atoms with Crippen LogP contribution in [0.1, 0.15) is 28.3 Å². The standard InChI is InChI=1S/C17H27N5O3/c1-11-12(2)18-14(16(24)22-8-17(25,9-22)10-23)19-15(11)21-6-5-13(7-21)20(3)4/h13,23,25H,5-10H2,1-4H3/t13-/m1/s1. The number of aliphatic hydroxyl groups is 2. The minimum Gasteiger partial charge on any atom is -0.393 e. The summed E-state index contributed by atoms with van der Waals surface area (Å²) < 4.78 is 0. The molecule has 2 saturated heterocycles. The van der Waals surface area contributed by atoms with Gasteiger partial charge in [-0.1, -0.05) is 0 Å². The average molecular weight is 349 g/mol. The van der Waals surface area contributed by atoms with E-state index >= 15 is 0 Å². The van der Waals surface area contributed by atoms with Gasteiger partial charge in [0.2, 0.25) is 5.82 Å². The molecule has 1 atom stereocenters. The smallest absolute Gasteiger partial charge is 0.291 e. The highest BCUT2D eigenvalue weighted by atomic mass is 16.3. The predicted octanol–water partition coefficient (Wildman–Crippen LogP) is -0.587. The monoisotopic (exact) mass is 349 g/mol. The first-order valence-corrected chi connectivity index (χ1v) is 8.63. The molecular weight excluding hydrogens is 322 g/mol. The van der Waals surface area contributed by atoms with E-state index in [2.05, 4.69) is 33.9 Å². The Hall–Kier alpha value is -1.77. The fraction of sp³-hybridized carbons (Fsp3) is 0.706. The summed E-state index contributed by atoms with van der Waals surface area (Å²) in [7, 11) is 4.15. The lowest BCUT2D eigenvalue weighted by molar-refractivity contribution is -0.110. The Kier molecular flexibility index (Phi) is 4.70. The van der Waals surface area contributed by atoms with Crippen molar-refractivity contribution in [2.45, 2.75) is 31.9 Å². The van der Waals surface area contributed by atoms with Crippen LogP contribution in [0, 0.1) is 13.8 Å². The number of hydrogen-bond acceptors (Lipinski definition) is 7. The van der Waals surface area contributed by atoms with Gasteiger partial charge in [0.05, 0.1) is 19.7 Å². The summed E-state index contributed by atoms with van der Waals surface area (Å²) in [5.41, 5.74) is 0.595. The molecule has 0 aromatic carbocycles. The minimum absolute atomic E-state index is 0.111. The summed E-state index contributed by atoms with van der Waals surface area (Å²) >= 11 is 0. The molecule has 1 amide bonds. The van der Waals surface area contributed by atoms with Gasteiger partial charge >= 0.3 is 0 Å². The van der Waals surface area contributed by atoms with Crippen molar-refractivity contribution in [2.24, 2.45) is 0 Å². The number of aryl methyl sites for hydroxylation is 1. The number of nitrogens with zero attached hydrogens (tertiary/aromatic N) is 5. The van der Waals surface area contributed by atoms with E-state index in [4.69, 9.17) is 5.11 Å². The van der Waals surface area contributed by atoms with Crippen LogP contribution in [-0.4, -0.2) is 94.4 Å². The van der Waals surface area contributed by atoms with Crippen molar-refractivity contribution in [1.82, 2.24) is 19.8 Å². The van der Waals surface area contributed by atoms with Crippen LogP contribution in [0.25, 0.3) is 0 Å². The number of likely N-dealkylation sites (tertiary alicyclic amines) is 1. The summed E-state index contributed by atoms with van der Waals surface area (Å²) in [6, 6.07) is 0.476. The second-order valence-corrected chi connectivity index (χ2v) is 7.48. The lowest BCUT2D eigenvalue weighted by Gasteiger charge is -2.44. The quantitative estimate of drug-likeness (QED) is 0.751. The minimum atomic E-state index is -1.19. The first kappa shape index (κ1) is 18.0. The first-order valence-electron chi connectivity index (χ1n) is 8.63. The molecule has 0 bridgehead atoms. The summed E-state index contributed by atoms with van der Waals surface area (Å²) in [4.78, 5) is 27.4. The van der Waals surface area contributed by atoms with E-state index in [0.29, 0.717) is 6.04 Å². The van der Waals surface area contributed by atoms with E-state index in [-0.39, 0.29) is 31.4 Å². The summed E-state index contributed by atoms with van der Waals surface area (Å²) in [5.74, 6) is 0.676. The number of likely N-dealkylation sites (N-methyl/N-ethyl adjacent to an activating group) is 1. The van der Waals surface area contributed by atoms with E-state index in [9.17, 15) is 9.90 Å². The molecule has 0 spiro atoms. The SMILES string of the molecule is Cc1nc(C(=O)N2CC(O)(CO)C2)nc(N2CC[C@@H](N(C)C)C2)c1C. The highest BCUT2D eigenvalue weighted by Crippen LogP contribution is 2.27. The second-order valence-electron chi connectivity index (χ2n) is 7.48. The van der Waals surface area contributed by atoms with Gasteiger partial charge in [-0.3, -0.25) is 4.79 Å². The molecule has 0 radical (unpaired) electrons. The molecule has 2 N–H and O–H groups in total. The highest BCUT2D eigenvalue weighted by molar-refractivity contribution is 5.92. The van der Waals surface area contributed by atoms with Gasteiger partial charge in [-0.25, -0.2) is 9.97 Å². The molecule has 0 unspecified atom stereocenters. The van der Waals surface area contributed by atoms with E-state index in [1.54, 1.807) is 0 Å². The number of hydrogen-bond donors (Lipinski definition) is 2. The number of aliphatic hydroxyl groups excluding tert-OH is 1. The van der Waals surface area contributed by atoms with Crippen molar-refractivity contribution in [3.05, 3.63) is 17.1 Å². The van der Waals surface area contributed by atoms with Crippen molar-refractivity contribution < 1.29 is 15.0 Å². The largest absolute Gasteiger partial charge is 0.393 e. The van der Waals surface area contributed by atoms with Crippen LogP contribution >= 0.6 is 0 Å². The Morgan fingerprint density at radius 2 is 2.00 bits per heavy atom. The molecule has 8 heteroatoms. The summed E-state index contributed by atoms with van der Waals surface area (Å²) in [5, 5.41) is 19.0. The second kappa shape index (κ2) is 6.51. The van der Waals surface area contributed by atoms with Crippen molar-refractivity contribution in [3.8, 4) is 0 Å². The molecule has 2 aliphatic heterocycles. The lowest BCUT2D eigenvalue weighted by atomic mass is 9.95. The molecule has 2 fully saturated rings. The Bertz CT molecular complexity index is 672.